The van der Waals surface area contributed by atoms with Crippen LogP contribution >= 0.6 is 0 Å². The molecule has 0 bridgehead atoms. The molecule has 0 aliphatic heterocycles. The highest BCUT2D eigenvalue weighted by molar-refractivity contribution is 5.78. The second-order valence-electron chi connectivity index (χ2n) is 7.29. The van der Waals surface area contributed by atoms with Crippen LogP contribution in [-0.2, 0) is 6.54 Å². The van der Waals surface area contributed by atoms with Crippen molar-refractivity contribution in [2.24, 2.45) is 0 Å². The first-order valence-electron chi connectivity index (χ1n) is 10.1. The number of nitrogens with zero attached hydrogens (tertiary/aromatic N) is 5. The van der Waals surface area contributed by atoms with Crippen LogP contribution < -0.4 is 9.47 Å². The molecular weight excluding hydrogens is 428 g/mol. The summed E-state index contributed by atoms with van der Waals surface area (Å²) in [7, 11) is 2.90. The van der Waals surface area contributed by atoms with Crippen molar-refractivity contribution in [2.75, 3.05) is 14.2 Å². The molecule has 33 heavy (non-hydrogen) atoms. The molecule has 0 spiro atoms. The second kappa shape index (κ2) is 8.34. The molecule has 2 aromatic heterocycles. The third kappa shape index (κ3) is 3.67. The maximum absolute atomic E-state index is 14.5. The van der Waals surface area contributed by atoms with Gasteiger partial charge < -0.3 is 9.47 Å². The van der Waals surface area contributed by atoms with E-state index >= 15 is 0 Å². The minimum Gasteiger partial charge on any atom is -0.497 e. The Kier molecular flexibility index (Phi) is 5.21. The summed E-state index contributed by atoms with van der Waals surface area (Å²) in [6.45, 7) is 0.272. The molecule has 0 saturated carbocycles. The van der Waals surface area contributed by atoms with Crippen LogP contribution in [0, 0.1) is 11.6 Å². The highest BCUT2D eigenvalue weighted by Crippen LogP contribution is 2.29. The van der Waals surface area contributed by atoms with E-state index in [2.05, 4.69) is 10.3 Å². The first-order valence-corrected chi connectivity index (χ1v) is 10.1. The van der Waals surface area contributed by atoms with E-state index in [9.17, 15) is 8.78 Å². The molecular formula is C24H19F2N5O2. The molecule has 0 radical (unpaired) electrons. The lowest BCUT2D eigenvalue weighted by atomic mass is 10.1. The van der Waals surface area contributed by atoms with Crippen LogP contribution in [0.2, 0.25) is 0 Å². The summed E-state index contributed by atoms with van der Waals surface area (Å²) in [6, 6.07) is 18.2. The predicted octanol–water partition coefficient (Wildman–Crippen LogP) is 4.63. The Morgan fingerprint density at radius 2 is 1.67 bits per heavy atom. The number of hydrogen-bond donors (Lipinski definition) is 0. The van der Waals surface area contributed by atoms with Gasteiger partial charge in [0.25, 0.3) is 0 Å². The molecule has 3 aromatic carbocycles. The van der Waals surface area contributed by atoms with E-state index in [1.54, 1.807) is 13.3 Å². The number of rotatable bonds is 6. The Labute approximate surface area is 187 Å². The monoisotopic (exact) mass is 447 g/mol. The van der Waals surface area contributed by atoms with Crippen LogP contribution in [0.5, 0.6) is 11.5 Å². The number of hydrogen-bond acceptors (Lipinski definition) is 5. The normalized spacial score (nSPS) is 11.2. The van der Waals surface area contributed by atoms with Gasteiger partial charge in [-0.1, -0.05) is 17.3 Å². The zero-order valence-electron chi connectivity index (χ0n) is 17.9. The maximum atomic E-state index is 14.5. The molecule has 0 aliphatic carbocycles. The largest absolute Gasteiger partial charge is 0.497 e. The topological polar surface area (TPSA) is 67.0 Å². The summed E-state index contributed by atoms with van der Waals surface area (Å²) < 4.78 is 42.3. The molecule has 0 N–H and O–H groups in total. The van der Waals surface area contributed by atoms with Crippen molar-refractivity contribution in [1.29, 1.82) is 0 Å². The van der Waals surface area contributed by atoms with Crippen LogP contribution in [0.3, 0.4) is 0 Å². The average Bonchev–Trinajstić information content (AvgIpc) is 3.45. The van der Waals surface area contributed by atoms with Crippen molar-refractivity contribution in [3.63, 3.8) is 0 Å². The van der Waals surface area contributed by atoms with E-state index in [1.165, 1.54) is 23.9 Å². The van der Waals surface area contributed by atoms with Crippen molar-refractivity contribution in [3.8, 4) is 28.4 Å². The van der Waals surface area contributed by atoms with Crippen molar-refractivity contribution in [1.82, 2.24) is 24.5 Å². The Hall–Kier alpha value is -4.27. The molecule has 5 rings (SSSR count). The number of ether oxygens (including phenoxy) is 2. The fourth-order valence-electron chi connectivity index (χ4n) is 3.73. The summed E-state index contributed by atoms with van der Waals surface area (Å²) >= 11 is 0. The Balaban J connectivity index is 1.53. The molecule has 0 fully saturated rings. The van der Waals surface area contributed by atoms with Gasteiger partial charge >= 0.3 is 0 Å². The minimum absolute atomic E-state index is 0.00297. The van der Waals surface area contributed by atoms with Gasteiger partial charge in [-0.2, -0.15) is 4.39 Å². The van der Waals surface area contributed by atoms with Crippen molar-refractivity contribution < 1.29 is 18.3 Å². The van der Waals surface area contributed by atoms with Crippen LogP contribution in [0.4, 0.5) is 8.78 Å². The van der Waals surface area contributed by atoms with Gasteiger partial charge in [0.05, 0.1) is 31.4 Å². The lowest BCUT2D eigenvalue weighted by Crippen LogP contribution is -2.08. The van der Waals surface area contributed by atoms with Crippen molar-refractivity contribution >= 4 is 11.0 Å². The SMILES string of the molecule is COc1ccc(-n2c(Cn3cc(-c4ccc(OC)c(F)c4F)nn3)nc3ccccc32)cc1. The van der Waals surface area contributed by atoms with Crippen molar-refractivity contribution in [3.05, 3.63) is 84.3 Å². The zero-order valence-corrected chi connectivity index (χ0v) is 17.9. The number of fused-ring (bicyclic) bond motifs is 1. The quantitative estimate of drug-likeness (QED) is 0.380. The lowest BCUT2D eigenvalue weighted by molar-refractivity contribution is 0.372. The number of para-hydroxylation sites is 2. The number of halogens is 2. The van der Waals surface area contributed by atoms with Gasteiger partial charge in [-0.05, 0) is 48.5 Å². The fraction of sp³-hybridized carbons (Fsp3) is 0.125. The zero-order chi connectivity index (χ0) is 22.9. The van der Waals surface area contributed by atoms with Crippen LogP contribution in [-0.4, -0.2) is 38.8 Å². The van der Waals surface area contributed by atoms with E-state index in [0.717, 1.165) is 22.5 Å². The van der Waals surface area contributed by atoms with Gasteiger partial charge in [0, 0.05) is 11.3 Å². The van der Waals surface area contributed by atoms with Crippen LogP contribution in [0.15, 0.2) is 66.9 Å². The van der Waals surface area contributed by atoms with Gasteiger partial charge in [0.15, 0.2) is 11.6 Å². The van der Waals surface area contributed by atoms with Gasteiger partial charge in [-0.25, -0.2) is 14.1 Å². The number of aromatic nitrogens is 5. The third-order valence-electron chi connectivity index (χ3n) is 5.35. The molecule has 7 nitrogen and oxygen atoms in total. The molecule has 9 heteroatoms. The van der Waals surface area contributed by atoms with Gasteiger partial charge in [-0.15, -0.1) is 5.10 Å². The Morgan fingerprint density at radius 3 is 2.42 bits per heavy atom. The minimum atomic E-state index is -1.06. The summed E-state index contributed by atoms with van der Waals surface area (Å²) in [5, 5.41) is 8.14. The van der Waals surface area contributed by atoms with Gasteiger partial charge in [-0.3, -0.25) is 4.57 Å². The highest BCUT2D eigenvalue weighted by Gasteiger charge is 2.19. The summed E-state index contributed by atoms with van der Waals surface area (Å²) in [5.41, 5.74) is 2.88. The Morgan fingerprint density at radius 1 is 0.879 bits per heavy atom. The standard InChI is InChI=1S/C24H19F2N5O2/c1-32-16-9-7-15(8-10-16)31-20-6-4-3-5-18(20)27-22(31)14-30-13-19(28-29-30)17-11-12-21(33-2)24(26)23(17)25/h3-13H,14H2,1-2H3. The predicted molar refractivity (Wildman–Crippen MR) is 119 cm³/mol. The van der Waals surface area contributed by atoms with E-state index in [4.69, 9.17) is 14.5 Å². The smallest absolute Gasteiger partial charge is 0.201 e. The molecule has 0 unspecified atom stereocenters. The highest BCUT2D eigenvalue weighted by atomic mass is 19.2. The summed E-state index contributed by atoms with van der Waals surface area (Å²) in [4.78, 5) is 4.76. The first kappa shape index (κ1) is 20.6. The molecule has 0 atom stereocenters. The fourth-order valence-corrected chi connectivity index (χ4v) is 3.73. The maximum Gasteiger partial charge on any atom is 0.201 e. The molecule has 0 amide bonds. The third-order valence-corrected chi connectivity index (χ3v) is 5.35. The Bertz CT molecular complexity index is 1440. The van der Waals surface area contributed by atoms with E-state index in [0.29, 0.717) is 5.82 Å². The second-order valence-corrected chi connectivity index (χ2v) is 7.29. The molecule has 5 aromatic rings. The molecule has 0 saturated heterocycles. The van der Waals surface area contributed by atoms with Gasteiger partial charge in [0.1, 0.15) is 23.8 Å². The van der Waals surface area contributed by atoms with Gasteiger partial charge in [0.2, 0.25) is 5.82 Å². The molecule has 0 aliphatic rings. The lowest BCUT2D eigenvalue weighted by Gasteiger charge is -2.10. The van der Waals surface area contributed by atoms with Crippen LogP contribution in [0.1, 0.15) is 5.82 Å². The van der Waals surface area contributed by atoms with E-state index < -0.39 is 11.6 Å². The van der Waals surface area contributed by atoms with Crippen molar-refractivity contribution in [2.45, 2.75) is 6.54 Å². The number of benzene rings is 3. The number of methoxy groups -OCH3 is 2. The van der Waals surface area contributed by atoms with E-state index in [1.807, 2.05) is 53.1 Å². The summed E-state index contributed by atoms with van der Waals surface area (Å²) in [5.74, 6) is -0.812. The average molecular weight is 447 g/mol. The molecule has 166 valence electrons. The van der Waals surface area contributed by atoms with Crippen LogP contribution in [0.25, 0.3) is 28.0 Å². The molecule has 2 heterocycles. The van der Waals surface area contributed by atoms with E-state index in [-0.39, 0.29) is 23.6 Å². The summed E-state index contributed by atoms with van der Waals surface area (Å²) in [6.07, 6.45) is 1.56. The first-order chi connectivity index (χ1) is 16.1. The number of imidazole rings is 1.